The molecule has 0 spiro atoms. The number of nitrogens with one attached hydrogen (secondary N) is 1. The molecule has 0 fully saturated rings. The van der Waals surface area contributed by atoms with E-state index in [0.29, 0.717) is 23.6 Å². The number of aromatic nitrogens is 1. The number of nitrogens with zero attached hydrogens (tertiary/aromatic N) is 1. The van der Waals surface area contributed by atoms with Crippen LogP contribution in [-0.2, 0) is 9.84 Å². The Morgan fingerprint density at radius 2 is 2.00 bits per heavy atom. The van der Waals surface area contributed by atoms with Gasteiger partial charge in [0, 0.05) is 11.9 Å². The van der Waals surface area contributed by atoms with E-state index in [4.69, 9.17) is 0 Å². The third-order valence-corrected chi connectivity index (χ3v) is 5.05. The summed E-state index contributed by atoms with van der Waals surface area (Å²) in [5.41, 5.74) is 1.94. The van der Waals surface area contributed by atoms with Crippen molar-refractivity contribution < 1.29 is 13.2 Å². The van der Waals surface area contributed by atoms with Gasteiger partial charge in [-0.15, -0.1) is 11.3 Å². The molecule has 1 amide bonds. The summed E-state index contributed by atoms with van der Waals surface area (Å²) in [6.45, 7) is 0.308. The maximum atomic E-state index is 12.0. The molecule has 1 aromatic carbocycles. The van der Waals surface area contributed by atoms with Crippen molar-refractivity contribution in [3.05, 3.63) is 46.9 Å². The number of sulfone groups is 1. The first-order valence-electron chi connectivity index (χ1n) is 6.04. The monoisotopic (exact) mass is 310 g/mol. The first kappa shape index (κ1) is 14.7. The van der Waals surface area contributed by atoms with Crippen LogP contribution in [0.1, 0.15) is 16.9 Å². The number of rotatable bonds is 6. The lowest BCUT2D eigenvalue weighted by Crippen LogP contribution is -2.26. The Balaban J connectivity index is 1.80. The van der Waals surface area contributed by atoms with Crippen LogP contribution in [0.15, 0.2) is 46.1 Å². The van der Waals surface area contributed by atoms with E-state index in [2.05, 4.69) is 10.3 Å². The van der Waals surface area contributed by atoms with Gasteiger partial charge in [0.2, 0.25) is 0 Å². The highest BCUT2D eigenvalue weighted by Gasteiger charge is 2.13. The standard InChI is InChI=1S/C13H14N2O3S2/c16-13(12-9-19-10-15-12)14-7-4-8-20(17,18)11-5-2-1-3-6-11/h1-3,5-6,9-10H,4,7-8H2,(H,14,16). The van der Waals surface area contributed by atoms with Gasteiger partial charge in [-0.3, -0.25) is 4.79 Å². The minimum atomic E-state index is -3.28. The summed E-state index contributed by atoms with van der Waals surface area (Å²) >= 11 is 1.34. The molecule has 1 heterocycles. The molecule has 0 aliphatic rings. The second-order valence-corrected chi connectivity index (χ2v) is 6.94. The summed E-state index contributed by atoms with van der Waals surface area (Å²) in [6.07, 6.45) is 0.368. The summed E-state index contributed by atoms with van der Waals surface area (Å²) < 4.78 is 24.0. The van der Waals surface area contributed by atoms with Gasteiger partial charge in [-0.05, 0) is 18.6 Å². The first-order valence-corrected chi connectivity index (χ1v) is 8.63. The Kier molecular flexibility index (Phi) is 4.86. The maximum Gasteiger partial charge on any atom is 0.270 e. The van der Waals surface area contributed by atoms with Crippen LogP contribution in [0.2, 0.25) is 0 Å². The normalized spacial score (nSPS) is 11.2. The molecule has 0 aliphatic carbocycles. The zero-order chi connectivity index (χ0) is 14.4. The number of benzene rings is 1. The molecular formula is C13H14N2O3S2. The third-order valence-electron chi connectivity index (χ3n) is 2.64. The lowest BCUT2D eigenvalue weighted by atomic mass is 10.4. The lowest BCUT2D eigenvalue weighted by molar-refractivity contribution is 0.0949. The van der Waals surface area contributed by atoms with Crippen LogP contribution in [0.3, 0.4) is 0 Å². The highest BCUT2D eigenvalue weighted by atomic mass is 32.2. The Bertz CT molecular complexity index is 652. The fourth-order valence-electron chi connectivity index (χ4n) is 1.63. The molecule has 106 valence electrons. The molecule has 5 nitrogen and oxygen atoms in total. The van der Waals surface area contributed by atoms with Crippen molar-refractivity contribution >= 4 is 27.1 Å². The Morgan fingerprint density at radius 1 is 1.25 bits per heavy atom. The molecule has 2 aromatic rings. The zero-order valence-electron chi connectivity index (χ0n) is 10.7. The van der Waals surface area contributed by atoms with Crippen molar-refractivity contribution in [3.8, 4) is 0 Å². The van der Waals surface area contributed by atoms with Gasteiger partial charge in [-0.1, -0.05) is 18.2 Å². The van der Waals surface area contributed by atoms with Crippen LogP contribution in [0.4, 0.5) is 0 Å². The van der Waals surface area contributed by atoms with Crippen molar-refractivity contribution in [1.29, 1.82) is 0 Å². The molecule has 0 radical (unpaired) electrons. The Morgan fingerprint density at radius 3 is 2.65 bits per heavy atom. The largest absolute Gasteiger partial charge is 0.351 e. The molecule has 0 atom stereocenters. The molecule has 0 bridgehead atoms. The van der Waals surface area contributed by atoms with Crippen LogP contribution >= 0.6 is 11.3 Å². The lowest BCUT2D eigenvalue weighted by Gasteiger charge is -2.05. The number of thiazole rings is 1. The summed E-state index contributed by atoms with van der Waals surface area (Å²) in [6, 6.07) is 8.30. The Hall–Kier alpha value is -1.73. The highest BCUT2D eigenvalue weighted by molar-refractivity contribution is 7.91. The van der Waals surface area contributed by atoms with Crippen molar-refractivity contribution in [1.82, 2.24) is 10.3 Å². The molecule has 0 saturated carbocycles. The van der Waals surface area contributed by atoms with Gasteiger partial charge < -0.3 is 5.32 Å². The number of hydrogen-bond donors (Lipinski definition) is 1. The summed E-state index contributed by atoms with van der Waals surface area (Å²) in [5, 5.41) is 4.30. The van der Waals surface area contributed by atoms with Crippen molar-refractivity contribution in [2.75, 3.05) is 12.3 Å². The van der Waals surface area contributed by atoms with E-state index in [1.165, 1.54) is 11.3 Å². The molecule has 7 heteroatoms. The van der Waals surface area contributed by atoms with Crippen LogP contribution in [0.5, 0.6) is 0 Å². The molecule has 1 N–H and O–H groups in total. The van der Waals surface area contributed by atoms with E-state index < -0.39 is 9.84 Å². The van der Waals surface area contributed by atoms with Crippen LogP contribution in [0, 0.1) is 0 Å². The topological polar surface area (TPSA) is 76.1 Å². The first-order chi connectivity index (χ1) is 9.59. The second-order valence-electron chi connectivity index (χ2n) is 4.12. The predicted molar refractivity (Wildman–Crippen MR) is 77.6 cm³/mol. The van der Waals surface area contributed by atoms with E-state index in [1.807, 2.05) is 0 Å². The number of carbonyl (C=O) groups excluding carboxylic acids is 1. The van der Waals surface area contributed by atoms with Gasteiger partial charge in [0.1, 0.15) is 5.69 Å². The van der Waals surface area contributed by atoms with Gasteiger partial charge in [0.05, 0.1) is 16.2 Å². The van der Waals surface area contributed by atoms with Gasteiger partial charge in [-0.2, -0.15) is 0 Å². The van der Waals surface area contributed by atoms with Crippen LogP contribution in [-0.4, -0.2) is 31.6 Å². The summed E-state index contributed by atoms with van der Waals surface area (Å²) in [5.74, 6) is -0.266. The van der Waals surface area contributed by atoms with E-state index in [0.717, 1.165) is 0 Å². The number of amides is 1. The van der Waals surface area contributed by atoms with Gasteiger partial charge >= 0.3 is 0 Å². The summed E-state index contributed by atoms with van der Waals surface area (Å²) in [4.78, 5) is 15.8. The zero-order valence-corrected chi connectivity index (χ0v) is 12.3. The minimum Gasteiger partial charge on any atom is -0.351 e. The minimum absolute atomic E-state index is 0.00829. The van der Waals surface area contributed by atoms with E-state index in [9.17, 15) is 13.2 Å². The fourth-order valence-corrected chi connectivity index (χ4v) is 3.49. The SMILES string of the molecule is O=C(NCCCS(=O)(=O)c1ccccc1)c1cscn1. The third kappa shape index (κ3) is 3.88. The average molecular weight is 310 g/mol. The smallest absolute Gasteiger partial charge is 0.270 e. The van der Waals surface area contributed by atoms with Crippen LogP contribution < -0.4 is 5.32 Å². The molecule has 1 aromatic heterocycles. The molecular weight excluding hydrogens is 296 g/mol. The number of hydrogen-bond acceptors (Lipinski definition) is 5. The second kappa shape index (κ2) is 6.62. The van der Waals surface area contributed by atoms with Crippen molar-refractivity contribution in [3.63, 3.8) is 0 Å². The molecule has 0 saturated heterocycles. The van der Waals surface area contributed by atoms with E-state index in [1.54, 1.807) is 41.2 Å². The quantitative estimate of drug-likeness (QED) is 0.825. The van der Waals surface area contributed by atoms with Gasteiger partial charge in [-0.25, -0.2) is 13.4 Å². The molecule has 0 aliphatic heterocycles. The Labute approximate surface area is 121 Å². The number of carbonyl (C=O) groups is 1. The molecule has 2 rings (SSSR count). The van der Waals surface area contributed by atoms with E-state index >= 15 is 0 Å². The summed E-state index contributed by atoms with van der Waals surface area (Å²) in [7, 11) is -3.28. The predicted octanol–water partition coefficient (Wildman–Crippen LogP) is 1.74. The van der Waals surface area contributed by atoms with Crippen molar-refractivity contribution in [2.45, 2.75) is 11.3 Å². The van der Waals surface area contributed by atoms with E-state index in [-0.39, 0.29) is 11.7 Å². The maximum absolute atomic E-state index is 12.0. The fraction of sp³-hybridized carbons (Fsp3) is 0.231. The van der Waals surface area contributed by atoms with Crippen molar-refractivity contribution in [2.24, 2.45) is 0 Å². The molecule has 0 unspecified atom stereocenters. The highest BCUT2D eigenvalue weighted by Crippen LogP contribution is 2.10. The van der Waals surface area contributed by atoms with Crippen LogP contribution in [0.25, 0.3) is 0 Å². The molecule has 20 heavy (non-hydrogen) atoms. The van der Waals surface area contributed by atoms with Gasteiger partial charge in [0.25, 0.3) is 5.91 Å². The van der Waals surface area contributed by atoms with Gasteiger partial charge in [0.15, 0.2) is 9.84 Å². The average Bonchev–Trinajstić information content (AvgIpc) is 2.98.